The van der Waals surface area contributed by atoms with E-state index in [0.29, 0.717) is 12.6 Å². The first-order chi connectivity index (χ1) is 18.3. The number of hydrogen-bond donors (Lipinski definition) is 1. The van der Waals surface area contributed by atoms with Crippen LogP contribution in [0.15, 0.2) is 66.9 Å². The predicted molar refractivity (Wildman–Crippen MR) is 145 cm³/mol. The molecule has 202 valence electrons. The second-order valence-electron chi connectivity index (χ2n) is 10.4. The lowest BCUT2D eigenvalue weighted by atomic mass is 9.92. The second kappa shape index (κ2) is 11.6. The highest BCUT2D eigenvalue weighted by atomic mass is 19.4. The number of rotatable bonds is 7. The number of ether oxygens (including phenoxy) is 1. The van der Waals surface area contributed by atoms with Crippen LogP contribution in [0.2, 0.25) is 0 Å². The van der Waals surface area contributed by atoms with Crippen LogP contribution in [-0.2, 0) is 12.7 Å². The standard InChI is InChI=1S/C30H35F3N4O/c1-22-2-8-25(9-3-22)35-26-10-12-27(13-11-26)38-28-14-15-34-29(20-28)37-18-16-36(17-19-37)21-23-4-6-24(7-5-23)30(31,32)33/h2-9,14-15,20,26-27,35H,10-13,16-19,21H2,1H3/t26-,27-. The zero-order valence-electron chi connectivity index (χ0n) is 21.8. The quantitative estimate of drug-likeness (QED) is 0.380. The molecule has 1 saturated carbocycles. The number of benzene rings is 2. The van der Waals surface area contributed by atoms with Crippen LogP contribution in [0.5, 0.6) is 5.75 Å². The van der Waals surface area contributed by atoms with Gasteiger partial charge in [-0.1, -0.05) is 29.8 Å². The molecule has 0 atom stereocenters. The van der Waals surface area contributed by atoms with E-state index in [2.05, 4.69) is 51.3 Å². The minimum absolute atomic E-state index is 0.210. The molecule has 0 unspecified atom stereocenters. The fourth-order valence-corrected chi connectivity index (χ4v) is 5.24. The summed E-state index contributed by atoms with van der Waals surface area (Å²) in [4.78, 5) is 9.09. The first kappa shape index (κ1) is 26.4. The summed E-state index contributed by atoms with van der Waals surface area (Å²) >= 11 is 0. The molecule has 2 heterocycles. The third-order valence-corrected chi connectivity index (χ3v) is 7.50. The van der Waals surface area contributed by atoms with Gasteiger partial charge in [0, 0.05) is 56.7 Å². The van der Waals surface area contributed by atoms with Crippen LogP contribution in [0, 0.1) is 6.92 Å². The van der Waals surface area contributed by atoms with Crippen LogP contribution in [0.25, 0.3) is 0 Å². The fourth-order valence-electron chi connectivity index (χ4n) is 5.24. The van der Waals surface area contributed by atoms with Gasteiger partial charge in [0.05, 0.1) is 11.7 Å². The van der Waals surface area contributed by atoms with Crippen molar-refractivity contribution >= 4 is 11.5 Å². The summed E-state index contributed by atoms with van der Waals surface area (Å²) in [7, 11) is 0. The monoisotopic (exact) mass is 524 g/mol. The Hall–Kier alpha value is -3.26. The van der Waals surface area contributed by atoms with Gasteiger partial charge in [-0.05, 0) is 68.5 Å². The molecule has 8 heteroatoms. The molecule has 3 aromatic rings. The topological polar surface area (TPSA) is 40.6 Å². The smallest absolute Gasteiger partial charge is 0.416 e. The predicted octanol–water partition coefficient (Wildman–Crippen LogP) is 6.53. The Morgan fingerprint density at radius 3 is 2.24 bits per heavy atom. The number of nitrogens with one attached hydrogen (secondary N) is 1. The van der Waals surface area contributed by atoms with E-state index in [4.69, 9.17) is 4.74 Å². The summed E-state index contributed by atoms with van der Waals surface area (Å²) in [5.41, 5.74) is 2.73. The molecule has 38 heavy (non-hydrogen) atoms. The highest BCUT2D eigenvalue weighted by Gasteiger charge is 2.30. The van der Waals surface area contributed by atoms with E-state index in [1.165, 1.54) is 11.3 Å². The van der Waals surface area contributed by atoms with Crippen LogP contribution in [-0.4, -0.2) is 48.2 Å². The summed E-state index contributed by atoms with van der Waals surface area (Å²) in [5.74, 6) is 1.77. The van der Waals surface area contributed by atoms with Crippen LogP contribution in [0.4, 0.5) is 24.7 Å². The Kier molecular flexibility index (Phi) is 8.07. The molecule has 1 N–H and O–H groups in total. The Morgan fingerprint density at radius 2 is 1.58 bits per heavy atom. The number of aryl methyl sites for hydroxylation is 1. The largest absolute Gasteiger partial charge is 0.490 e. The lowest BCUT2D eigenvalue weighted by Gasteiger charge is -2.35. The number of nitrogens with zero attached hydrogens (tertiary/aromatic N) is 3. The maximum atomic E-state index is 12.8. The zero-order valence-corrected chi connectivity index (χ0v) is 21.8. The first-order valence-corrected chi connectivity index (χ1v) is 13.4. The number of hydrogen-bond acceptors (Lipinski definition) is 5. The van der Waals surface area contributed by atoms with E-state index >= 15 is 0 Å². The van der Waals surface area contributed by atoms with Crippen LogP contribution in [0.1, 0.15) is 42.4 Å². The lowest BCUT2D eigenvalue weighted by molar-refractivity contribution is -0.137. The molecule has 0 spiro atoms. The highest BCUT2D eigenvalue weighted by Crippen LogP contribution is 2.30. The van der Waals surface area contributed by atoms with E-state index in [1.807, 2.05) is 18.3 Å². The van der Waals surface area contributed by atoms with Gasteiger partial charge in [0.2, 0.25) is 0 Å². The SMILES string of the molecule is Cc1ccc(N[C@H]2CC[C@H](Oc3ccnc(N4CCN(Cc5ccc(C(F)(F)F)cc5)CC4)c3)CC2)cc1. The first-order valence-electron chi connectivity index (χ1n) is 13.4. The van der Waals surface area contributed by atoms with Crippen molar-refractivity contribution in [3.63, 3.8) is 0 Å². The summed E-state index contributed by atoms with van der Waals surface area (Å²) in [6.45, 7) is 6.02. The number of piperazine rings is 1. The molecule has 1 aromatic heterocycles. The van der Waals surface area contributed by atoms with Crippen molar-refractivity contribution in [3.05, 3.63) is 83.6 Å². The van der Waals surface area contributed by atoms with Crippen molar-refractivity contribution in [3.8, 4) is 5.75 Å². The van der Waals surface area contributed by atoms with E-state index in [1.54, 1.807) is 12.1 Å². The summed E-state index contributed by atoms with van der Waals surface area (Å²) in [6.07, 6.45) is 1.92. The van der Waals surface area contributed by atoms with Gasteiger partial charge in [-0.15, -0.1) is 0 Å². The highest BCUT2D eigenvalue weighted by molar-refractivity contribution is 5.46. The van der Waals surface area contributed by atoms with E-state index < -0.39 is 11.7 Å². The van der Waals surface area contributed by atoms with Crippen molar-refractivity contribution < 1.29 is 17.9 Å². The van der Waals surface area contributed by atoms with Gasteiger partial charge >= 0.3 is 6.18 Å². The molecule has 5 nitrogen and oxygen atoms in total. The zero-order chi connectivity index (χ0) is 26.5. The lowest BCUT2D eigenvalue weighted by Crippen LogP contribution is -2.46. The maximum absolute atomic E-state index is 12.8. The van der Waals surface area contributed by atoms with Gasteiger partial charge in [-0.25, -0.2) is 4.98 Å². The minimum Gasteiger partial charge on any atom is -0.490 e. The van der Waals surface area contributed by atoms with Gasteiger partial charge in [0.25, 0.3) is 0 Å². The Bertz CT molecular complexity index is 1170. The Balaban J connectivity index is 1.08. The number of anilines is 2. The van der Waals surface area contributed by atoms with Crippen molar-refractivity contribution in [2.45, 2.75) is 57.5 Å². The molecule has 2 aromatic carbocycles. The van der Waals surface area contributed by atoms with Crippen molar-refractivity contribution in [1.29, 1.82) is 0 Å². The minimum atomic E-state index is -4.30. The number of pyridine rings is 1. The Morgan fingerprint density at radius 1 is 0.895 bits per heavy atom. The van der Waals surface area contributed by atoms with Crippen LogP contribution in [0.3, 0.4) is 0 Å². The van der Waals surface area contributed by atoms with Crippen LogP contribution < -0.4 is 15.0 Å². The second-order valence-corrected chi connectivity index (χ2v) is 10.4. The summed E-state index contributed by atoms with van der Waals surface area (Å²) in [6, 6.07) is 18.5. The third-order valence-electron chi connectivity index (χ3n) is 7.50. The van der Waals surface area contributed by atoms with Gasteiger partial charge in [-0.3, -0.25) is 4.90 Å². The van der Waals surface area contributed by atoms with Crippen molar-refractivity contribution in [1.82, 2.24) is 9.88 Å². The maximum Gasteiger partial charge on any atom is 0.416 e. The molecule has 1 aliphatic heterocycles. The Labute approximate surface area is 222 Å². The number of aromatic nitrogens is 1. The van der Waals surface area contributed by atoms with E-state index in [-0.39, 0.29) is 6.10 Å². The van der Waals surface area contributed by atoms with E-state index in [0.717, 1.165) is 81.1 Å². The number of halogens is 3. The summed E-state index contributed by atoms with van der Waals surface area (Å²) in [5, 5.41) is 3.65. The molecule has 2 fully saturated rings. The molecular weight excluding hydrogens is 489 g/mol. The normalized spacial score (nSPS) is 20.8. The molecule has 1 aliphatic carbocycles. The van der Waals surface area contributed by atoms with Crippen molar-refractivity contribution in [2.75, 3.05) is 36.4 Å². The summed E-state index contributed by atoms with van der Waals surface area (Å²) < 4.78 is 44.8. The molecule has 1 saturated heterocycles. The van der Waals surface area contributed by atoms with Gasteiger partial charge in [0.1, 0.15) is 11.6 Å². The van der Waals surface area contributed by atoms with Gasteiger partial charge < -0.3 is 15.0 Å². The molecule has 0 bridgehead atoms. The van der Waals surface area contributed by atoms with Crippen molar-refractivity contribution in [2.24, 2.45) is 0 Å². The molecule has 5 rings (SSSR count). The average molecular weight is 525 g/mol. The van der Waals surface area contributed by atoms with Gasteiger partial charge in [-0.2, -0.15) is 13.2 Å². The molecular formula is C30H35F3N4O. The molecule has 0 radical (unpaired) electrons. The molecule has 0 amide bonds. The fraction of sp³-hybridized carbons (Fsp3) is 0.433. The third kappa shape index (κ3) is 6.98. The van der Waals surface area contributed by atoms with Crippen LogP contribution >= 0.6 is 0 Å². The molecule has 2 aliphatic rings. The van der Waals surface area contributed by atoms with Gasteiger partial charge in [0.15, 0.2) is 0 Å². The van der Waals surface area contributed by atoms with E-state index in [9.17, 15) is 13.2 Å². The number of alkyl halides is 3. The average Bonchev–Trinajstić information content (AvgIpc) is 2.92.